The number of rotatable bonds is 13. The average Bonchev–Trinajstić information content (AvgIpc) is 3.35. The Labute approximate surface area is 377 Å². The lowest BCUT2D eigenvalue weighted by Gasteiger charge is -2.21. The quantitative estimate of drug-likeness (QED) is 0.0469. The second-order valence-corrected chi connectivity index (χ2v) is 15.3. The van der Waals surface area contributed by atoms with E-state index in [1.807, 2.05) is 30.4 Å². The Hall–Kier alpha value is -7.98. The Morgan fingerprint density at radius 1 is 0.484 bits per heavy atom. The summed E-state index contributed by atoms with van der Waals surface area (Å²) >= 11 is 0. The molecule has 0 aliphatic heterocycles. The second-order valence-electron chi connectivity index (χ2n) is 15.3. The second kappa shape index (κ2) is 20.3. The van der Waals surface area contributed by atoms with Crippen molar-refractivity contribution >= 4 is 43.5 Å². The number of fused-ring (bicyclic) bond motifs is 3. The van der Waals surface area contributed by atoms with E-state index in [2.05, 4.69) is 184 Å². The van der Waals surface area contributed by atoms with Gasteiger partial charge >= 0.3 is 0 Å². The molecule has 8 aromatic carbocycles. The van der Waals surface area contributed by atoms with E-state index in [9.17, 15) is 10.2 Å². The van der Waals surface area contributed by atoms with Crippen molar-refractivity contribution in [1.82, 2.24) is 0 Å². The van der Waals surface area contributed by atoms with Crippen LogP contribution in [-0.4, -0.2) is 22.4 Å². The molecule has 0 saturated heterocycles. The van der Waals surface area contributed by atoms with Gasteiger partial charge in [0.2, 0.25) is 0 Å². The number of allylic oxidation sites excluding steroid dienone is 11. The van der Waals surface area contributed by atoms with Gasteiger partial charge in [-0.15, -0.1) is 6.58 Å². The minimum atomic E-state index is -0.203. The maximum absolute atomic E-state index is 10.7. The van der Waals surface area contributed by atoms with Gasteiger partial charge in [0.1, 0.15) is 5.76 Å². The maximum atomic E-state index is 10.7. The molecule has 3 nitrogen and oxygen atoms in total. The molecule has 0 aromatic heterocycles. The van der Waals surface area contributed by atoms with Gasteiger partial charge in [-0.25, -0.2) is 0 Å². The predicted octanol–water partition coefficient (Wildman–Crippen LogP) is 16.6. The third-order valence-corrected chi connectivity index (χ3v) is 11.6. The smallest absolute Gasteiger partial charge is 0.153 e. The van der Waals surface area contributed by atoms with Crippen molar-refractivity contribution in [3.8, 4) is 44.5 Å². The molecular formula is C61H52O3. The van der Waals surface area contributed by atoms with Gasteiger partial charge in [0, 0.05) is 7.11 Å². The molecule has 0 amide bonds. The van der Waals surface area contributed by atoms with E-state index in [0.29, 0.717) is 5.57 Å². The third kappa shape index (κ3) is 8.85. The summed E-state index contributed by atoms with van der Waals surface area (Å²) in [5, 5.41) is 34.4. The SMILES string of the molecule is C=CC/C(C=C)=C\C=C(/C=C)c1ccccc1-c1ccc(-c2c3ccccc3c(/C(C=C)=C/C(O)=C(\C)O)c3ccccc23)cc1-c1ccccc1-c1ccc2ccccc2c1.CO. The molecule has 8 rings (SSSR count). The van der Waals surface area contributed by atoms with E-state index in [0.717, 1.165) is 102 Å². The highest BCUT2D eigenvalue weighted by atomic mass is 16.3. The summed E-state index contributed by atoms with van der Waals surface area (Å²) in [4.78, 5) is 0. The van der Waals surface area contributed by atoms with Gasteiger partial charge in [-0.05, 0) is 136 Å². The molecule has 0 radical (unpaired) electrons. The number of aliphatic hydroxyl groups excluding tert-OH is 3. The topological polar surface area (TPSA) is 60.7 Å². The molecule has 0 heterocycles. The zero-order valence-corrected chi connectivity index (χ0v) is 36.4. The Bertz CT molecular complexity index is 3140. The van der Waals surface area contributed by atoms with Crippen LogP contribution in [0.4, 0.5) is 0 Å². The minimum Gasteiger partial charge on any atom is -0.509 e. The summed E-state index contributed by atoms with van der Waals surface area (Å²) in [5.74, 6) is -0.361. The van der Waals surface area contributed by atoms with Crippen LogP contribution in [0.5, 0.6) is 0 Å². The molecule has 3 heteroatoms. The van der Waals surface area contributed by atoms with Crippen molar-refractivity contribution in [1.29, 1.82) is 0 Å². The van der Waals surface area contributed by atoms with Crippen molar-refractivity contribution < 1.29 is 15.3 Å². The lowest BCUT2D eigenvalue weighted by Crippen LogP contribution is -1.96. The van der Waals surface area contributed by atoms with Gasteiger partial charge in [-0.3, -0.25) is 0 Å². The fraction of sp³-hybridized carbons (Fsp3) is 0.0492. The Morgan fingerprint density at radius 3 is 1.66 bits per heavy atom. The molecule has 0 saturated carbocycles. The summed E-state index contributed by atoms with van der Waals surface area (Å²) in [7, 11) is 1.00. The maximum Gasteiger partial charge on any atom is 0.153 e. The molecule has 8 aromatic rings. The first-order valence-electron chi connectivity index (χ1n) is 21.3. The number of aliphatic hydroxyl groups is 3. The standard InChI is InChI=1S/C60H48O2.CH4O/c1-6-20-41(7-2)31-32-42(8-3)48-23-12-14-25-50(48)52-36-35-47(38-57(52)51-26-15-13-24-49(51)46-34-33-44-21-10-11-22-45(44)37-46)60-55-29-18-16-27-53(55)59(54-28-17-19-30-56(54)60)43(9-4)39-58(62)40(5)61;1-2/h6-19,21-39,61-62H,1-4,20H2,5H3;2H,1H3/b41-31-,42-32+,43-39+,58-40-;. The predicted molar refractivity (Wildman–Crippen MR) is 276 cm³/mol. The van der Waals surface area contributed by atoms with E-state index >= 15 is 0 Å². The van der Waals surface area contributed by atoms with Crippen LogP contribution in [-0.2, 0) is 0 Å². The van der Waals surface area contributed by atoms with E-state index < -0.39 is 0 Å². The highest BCUT2D eigenvalue weighted by Crippen LogP contribution is 2.47. The number of benzene rings is 8. The van der Waals surface area contributed by atoms with E-state index in [1.54, 1.807) is 12.2 Å². The molecule has 0 bridgehead atoms. The fourth-order valence-corrected chi connectivity index (χ4v) is 8.54. The molecule has 0 aliphatic rings. The van der Waals surface area contributed by atoms with Gasteiger partial charge in [0.15, 0.2) is 5.76 Å². The summed E-state index contributed by atoms with van der Waals surface area (Å²) in [6, 6.07) is 56.1. The normalized spacial score (nSPS) is 12.3. The van der Waals surface area contributed by atoms with Crippen molar-refractivity contribution in [3.05, 3.63) is 255 Å². The van der Waals surface area contributed by atoms with Gasteiger partial charge in [-0.2, -0.15) is 0 Å². The molecule has 0 aliphatic carbocycles. The van der Waals surface area contributed by atoms with Crippen LogP contribution in [0.1, 0.15) is 24.5 Å². The van der Waals surface area contributed by atoms with Crippen LogP contribution in [0.25, 0.3) is 88.0 Å². The van der Waals surface area contributed by atoms with Gasteiger partial charge < -0.3 is 15.3 Å². The monoisotopic (exact) mass is 832 g/mol. The lowest BCUT2D eigenvalue weighted by molar-refractivity contribution is 0.340. The van der Waals surface area contributed by atoms with Crippen LogP contribution in [0.15, 0.2) is 244 Å². The van der Waals surface area contributed by atoms with E-state index in [4.69, 9.17) is 5.11 Å². The Morgan fingerprint density at radius 2 is 1.03 bits per heavy atom. The highest BCUT2D eigenvalue weighted by Gasteiger charge is 2.21. The van der Waals surface area contributed by atoms with Crippen molar-refractivity contribution in [2.75, 3.05) is 7.11 Å². The lowest BCUT2D eigenvalue weighted by atomic mass is 9.82. The van der Waals surface area contributed by atoms with Crippen LogP contribution >= 0.6 is 0 Å². The van der Waals surface area contributed by atoms with Gasteiger partial charge in [0.05, 0.1) is 0 Å². The molecular weight excluding hydrogens is 781 g/mol. The molecule has 64 heavy (non-hydrogen) atoms. The largest absolute Gasteiger partial charge is 0.509 e. The minimum absolute atomic E-state index is 0.158. The number of hydrogen-bond donors (Lipinski definition) is 3. The van der Waals surface area contributed by atoms with Crippen LogP contribution in [0, 0.1) is 0 Å². The fourth-order valence-electron chi connectivity index (χ4n) is 8.54. The first-order chi connectivity index (χ1) is 31.3. The van der Waals surface area contributed by atoms with E-state index in [1.165, 1.54) is 17.7 Å². The summed E-state index contributed by atoms with van der Waals surface area (Å²) < 4.78 is 0. The zero-order chi connectivity index (χ0) is 45.2. The van der Waals surface area contributed by atoms with Crippen molar-refractivity contribution in [3.63, 3.8) is 0 Å². The molecule has 314 valence electrons. The van der Waals surface area contributed by atoms with Crippen LogP contribution in [0.2, 0.25) is 0 Å². The summed E-state index contributed by atoms with van der Waals surface area (Å²) in [6.07, 6.45) is 13.9. The highest BCUT2D eigenvalue weighted by molar-refractivity contribution is 6.20. The first-order valence-corrected chi connectivity index (χ1v) is 21.3. The molecule has 0 fully saturated rings. The summed E-state index contributed by atoms with van der Waals surface area (Å²) in [6.45, 7) is 17.8. The average molecular weight is 833 g/mol. The summed E-state index contributed by atoms with van der Waals surface area (Å²) in [5.41, 5.74) is 13.6. The number of hydrogen-bond acceptors (Lipinski definition) is 3. The van der Waals surface area contributed by atoms with Crippen molar-refractivity contribution in [2.45, 2.75) is 13.3 Å². The molecule has 0 unspecified atom stereocenters. The van der Waals surface area contributed by atoms with E-state index in [-0.39, 0.29) is 11.5 Å². The Kier molecular flexibility index (Phi) is 14.0. The Balaban J connectivity index is 0.00000302. The molecule has 3 N–H and O–H groups in total. The molecule has 0 atom stereocenters. The third-order valence-electron chi connectivity index (χ3n) is 11.6. The van der Waals surface area contributed by atoms with Gasteiger partial charge in [-0.1, -0.05) is 202 Å². The van der Waals surface area contributed by atoms with Gasteiger partial charge in [0.25, 0.3) is 0 Å². The van der Waals surface area contributed by atoms with Crippen LogP contribution in [0.3, 0.4) is 0 Å². The van der Waals surface area contributed by atoms with Crippen molar-refractivity contribution in [2.24, 2.45) is 0 Å². The van der Waals surface area contributed by atoms with Crippen LogP contribution < -0.4 is 0 Å². The first kappa shape index (κ1) is 44.1. The zero-order valence-electron chi connectivity index (χ0n) is 36.4. The molecule has 0 spiro atoms.